The number of allylic oxidation sites excluding steroid dienone is 2. The molecule has 1 aliphatic heterocycles. The van der Waals surface area contributed by atoms with Crippen LogP contribution in [-0.2, 0) is 0 Å². The molecule has 1 fully saturated rings. The zero-order valence-electron chi connectivity index (χ0n) is 18.1. The van der Waals surface area contributed by atoms with Gasteiger partial charge >= 0.3 is 0 Å². The molecule has 0 saturated heterocycles. The highest BCUT2D eigenvalue weighted by Gasteiger charge is 2.52. The van der Waals surface area contributed by atoms with Crippen LogP contribution in [-0.4, -0.2) is 18.5 Å². The number of nitrogens with zero attached hydrogens (tertiary/aromatic N) is 1. The minimum atomic E-state index is 0.424. The Labute approximate surface area is 158 Å². The van der Waals surface area contributed by atoms with Crippen LogP contribution in [0, 0.1) is 10.8 Å². The molecule has 1 aliphatic carbocycles. The quantitative estimate of drug-likeness (QED) is 0.327. The largest absolute Gasteiger partial charge is 0.378 e. The zero-order valence-corrected chi connectivity index (χ0v) is 18.1. The van der Waals surface area contributed by atoms with Gasteiger partial charge in [-0.1, -0.05) is 85.5 Å². The lowest BCUT2D eigenvalue weighted by Gasteiger charge is -2.44. The molecule has 0 aromatic rings. The van der Waals surface area contributed by atoms with Gasteiger partial charge in [-0.2, -0.15) is 0 Å². The lowest BCUT2D eigenvalue weighted by atomic mass is 9.68. The molecule has 0 atom stereocenters. The predicted molar refractivity (Wildman–Crippen MR) is 112 cm³/mol. The van der Waals surface area contributed by atoms with Crippen LogP contribution >= 0.6 is 0 Å². The van der Waals surface area contributed by atoms with Crippen LogP contribution in [0.25, 0.3) is 0 Å². The molecule has 1 heteroatoms. The fourth-order valence-electron chi connectivity index (χ4n) is 5.31. The molecule has 1 nitrogen and oxygen atoms in total. The summed E-state index contributed by atoms with van der Waals surface area (Å²) in [5.41, 5.74) is 4.55. The van der Waals surface area contributed by atoms with Crippen LogP contribution in [0.15, 0.2) is 11.3 Å². The standard InChI is InChI=1S/C24H45N/c1-6-8-9-10-11-12-13-14-15-16-24(17-18-24)22-21(7-2)25(5)20-19-23(22,3)4/h6-20H2,1-5H3. The Morgan fingerprint density at radius 3 is 1.88 bits per heavy atom. The summed E-state index contributed by atoms with van der Waals surface area (Å²) in [6, 6.07) is 0. The minimum absolute atomic E-state index is 0.424. The molecule has 0 bridgehead atoms. The predicted octanol–water partition coefficient (Wildman–Crippen LogP) is 7.71. The molecule has 25 heavy (non-hydrogen) atoms. The molecule has 1 saturated carbocycles. The third kappa shape index (κ3) is 5.51. The van der Waals surface area contributed by atoms with E-state index in [1.54, 1.807) is 5.70 Å². The first kappa shape index (κ1) is 20.8. The Kier molecular flexibility index (Phi) is 7.90. The summed E-state index contributed by atoms with van der Waals surface area (Å²) in [5, 5.41) is 0. The van der Waals surface area contributed by atoms with Crippen molar-refractivity contribution < 1.29 is 0 Å². The fraction of sp³-hybridized carbons (Fsp3) is 0.917. The topological polar surface area (TPSA) is 3.24 Å². The first-order valence-corrected chi connectivity index (χ1v) is 11.4. The van der Waals surface area contributed by atoms with Crippen LogP contribution in [0.3, 0.4) is 0 Å². The SMILES string of the molecule is CCCCCCCCCCCC1(C2=C(CC)N(C)CCC2(C)C)CC1. The second-order valence-electron chi connectivity index (χ2n) is 9.59. The highest BCUT2D eigenvalue weighted by atomic mass is 15.1. The molecular weight excluding hydrogens is 302 g/mol. The van der Waals surface area contributed by atoms with Gasteiger partial charge in [-0.3, -0.25) is 0 Å². The minimum Gasteiger partial charge on any atom is -0.378 e. The van der Waals surface area contributed by atoms with Crippen LogP contribution in [0.1, 0.15) is 118 Å². The molecule has 0 aromatic heterocycles. The molecule has 0 unspecified atom stereocenters. The van der Waals surface area contributed by atoms with Crippen LogP contribution in [0.5, 0.6) is 0 Å². The average Bonchev–Trinajstić information content (AvgIpc) is 3.35. The van der Waals surface area contributed by atoms with E-state index < -0.39 is 0 Å². The summed E-state index contributed by atoms with van der Waals surface area (Å²) >= 11 is 0. The average molecular weight is 348 g/mol. The van der Waals surface area contributed by atoms with Crippen molar-refractivity contribution in [3.63, 3.8) is 0 Å². The number of hydrogen-bond acceptors (Lipinski definition) is 1. The van der Waals surface area contributed by atoms with Crippen molar-refractivity contribution in [1.29, 1.82) is 0 Å². The van der Waals surface area contributed by atoms with Crippen molar-refractivity contribution in [1.82, 2.24) is 4.90 Å². The van der Waals surface area contributed by atoms with Gasteiger partial charge in [0.2, 0.25) is 0 Å². The summed E-state index contributed by atoms with van der Waals surface area (Å²) in [5.74, 6) is 0. The molecule has 146 valence electrons. The summed E-state index contributed by atoms with van der Waals surface area (Å²) in [6.45, 7) is 10.9. The monoisotopic (exact) mass is 347 g/mol. The summed E-state index contributed by atoms with van der Waals surface area (Å²) < 4.78 is 0. The van der Waals surface area contributed by atoms with Crippen molar-refractivity contribution >= 4 is 0 Å². The maximum absolute atomic E-state index is 2.57. The van der Waals surface area contributed by atoms with E-state index in [2.05, 4.69) is 39.6 Å². The van der Waals surface area contributed by atoms with Crippen molar-refractivity contribution in [3.05, 3.63) is 11.3 Å². The summed E-state index contributed by atoms with van der Waals surface area (Å²) in [7, 11) is 2.32. The van der Waals surface area contributed by atoms with E-state index in [-0.39, 0.29) is 0 Å². The van der Waals surface area contributed by atoms with E-state index in [0.29, 0.717) is 10.8 Å². The van der Waals surface area contributed by atoms with E-state index in [4.69, 9.17) is 0 Å². The van der Waals surface area contributed by atoms with Gasteiger partial charge in [-0.05, 0) is 48.5 Å². The Balaban J connectivity index is 1.79. The normalized spacial score (nSPS) is 21.7. The van der Waals surface area contributed by atoms with E-state index in [9.17, 15) is 0 Å². The number of rotatable bonds is 12. The van der Waals surface area contributed by atoms with Gasteiger partial charge in [0.1, 0.15) is 0 Å². The van der Waals surface area contributed by atoms with Gasteiger partial charge in [-0.15, -0.1) is 0 Å². The third-order valence-corrected chi connectivity index (χ3v) is 6.98. The van der Waals surface area contributed by atoms with Gasteiger partial charge in [0.15, 0.2) is 0 Å². The highest BCUT2D eigenvalue weighted by molar-refractivity contribution is 5.34. The van der Waals surface area contributed by atoms with Crippen LogP contribution < -0.4 is 0 Å². The lowest BCUT2D eigenvalue weighted by molar-refractivity contribution is 0.227. The van der Waals surface area contributed by atoms with Gasteiger partial charge in [0, 0.05) is 19.3 Å². The third-order valence-electron chi connectivity index (χ3n) is 6.98. The molecule has 2 rings (SSSR count). The van der Waals surface area contributed by atoms with Crippen molar-refractivity contribution in [2.75, 3.05) is 13.6 Å². The molecule has 0 N–H and O–H groups in total. The van der Waals surface area contributed by atoms with E-state index in [1.807, 2.05) is 5.57 Å². The molecule has 2 aliphatic rings. The second kappa shape index (κ2) is 9.47. The Hall–Kier alpha value is -0.460. The van der Waals surface area contributed by atoms with Gasteiger partial charge in [0.05, 0.1) is 0 Å². The molecule has 0 aromatic carbocycles. The lowest BCUT2D eigenvalue weighted by Crippen LogP contribution is -2.37. The number of unbranched alkanes of at least 4 members (excludes halogenated alkanes) is 8. The molecule has 1 heterocycles. The number of hydrogen-bond donors (Lipinski definition) is 0. The maximum Gasteiger partial charge on any atom is 0.0179 e. The Morgan fingerprint density at radius 2 is 1.36 bits per heavy atom. The van der Waals surface area contributed by atoms with Gasteiger partial charge in [0.25, 0.3) is 0 Å². The van der Waals surface area contributed by atoms with Crippen LogP contribution in [0.4, 0.5) is 0 Å². The van der Waals surface area contributed by atoms with E-state index in [1.165, 1.54) is 96.4 Å². The summed E-state index contributed by atoms with van der Waals surface area (Å²) in [4.78, 5) is 2.57. The Morgan fingerprint density at radius 1 is 0.800 bits per heavy atom. The van der Waals surface area contributed by atoms with Gasteiger partial charge in [-0.25, -0.2) is 0 Å². The van der Waals surface area contributed by atoms with Crippen molar-refractivity contribution in [2.45, 2.75) is 118 Å². The maximum atomic E-state index is 2.57. The Bertz CT molecular complexity index is 427. The first-order chi connectivity index (χ1) is 12.0. The van der Waals surface area contributed by atoms with Crippen molar-refractivity contribution in [2.24, 2.45) is 10.8 Å². The molecule has 0 spiro atoms. The molecule has 0 radical (unpaired) electrons. The second-order valence-corrected chi connectivity index (χ2v) is 9.59. The first-order valence-electron chi connectivity index (χ1n) is 11.4. The van der Waals surface area contributed by atoms with E-state index in [0.717, 1.165) is 0 Å². The smallest absolute Gasteiger partial charge is 0.0179 e. The van der Waals surface area contributed by atoms with Crippen LogP contribution in [0.2, 0.25) is 0 Å². The van der Waals surface area contributed by atoms with E-state index >= 15 is 0 Å². The molecular formula is C24H45N. The fourth-order valence-corrected chi connectivity index (χ4v) is 5.31. The summed E-state index contributed by atoms with van der Waals surface area (Å²) in [6.07, 6.45) is 19.9. The highest BCUT2D eigenvalue weighted by Crippen LogP contribution is 2.63. The zero-order chi connectivity index (χ0) is 18.3. The van der Waals surface area contributed by atoms with Crippen molar-refractivity contribution in [3.8, 4) is 0 Å². The molecule has 0 amide bonds. The van der Waals surface area contributed by atoms with Gasteiger partial charge < -0.3 is 4.90 Å².